The van der Waals surface area contributed by atoms with Crippen LogP contribution in [0.2, 0.25) is 0 Å². The van der Waals surface area contributed by atoms with Crippen molar-refractivity contribution in [3.63, 3.8) is 0 Å². The second kappa shape index (κ2) is 8.60. The van der Waals surface area contributed by atoms with Crippen LogP contribution in [-0.2, 0) is 14.3 Å². The first-order valence-electron chi connectivity index (χ1n) is 9.14. The Labute approximate surface area is 163 Å². The number of aliphatic hydroxyl groups excluding tert-OH is 1. The molecule has 0 fully saturated rings. The van der Waals surface area contributed by atoms with Crippen LogP contribution in [0, 0.1) is 17.8 Å². The van der Waals surface area contributed by atoms with E-state index in [1.807, 2.05) is 0 Å². The summed E-state index contributed by atoms with van der Waals surface area (Å²) in [7, 11) is 0. The van der Waals surface area contributed by atoms with Gasteiger partial charge in [0.25, 0.3) is 6.47 Å². The largest absolute Gasteiger partial charge is 0.504 e. The highest BCUT2D eigenvalue weighted by molar-refractivity contribution is 6.01. The maximum atomic E-state index is 12.8. The van der Waals surface area contributed by atoms with Gasteiger partial charge < -0.3 is 24.8 Å². The number of aromatic hydroxyl groups is 2. The Bertz CT molecular complexity index is 768. The first-order valence-corrected chi connectivity index (χ1v) is 9.14. The van der Waals surface area contributed by atoms with Crippen LogP contribution in [0.25, 0.3) is 0 Å². The Morgan fingerprint density at radius 3 is 2.43 bits per heavy atom. The van der Waals surface area contributed by atoms with E-state index in [1.165, 1.54) is 0 Å². The fraction of sp³-hybridized carbons (Fsp3) is 0.550. The van der Waals surface area contributed by atoms with Crippen LogP contribution in [0.3, 0.4) is 0 Å². The number of ketones is 2. The number of Topliss-reactive ketones (excluding diaryl/α,β-unsaturated/α-hetero) is 2. The highest BCUT2D eigenvalue weighted by atomic mass is 16.5. The number of ether oxygens (including phenoxy) is 2. The zero-order valence-electron chi connectivity index (χ0n) is 16.3. The number of phenolic OH excluding ortho intramolecular Hbond substituents is 2. The molecule has 3 N–H and O–H groups in total. The van der Waals surface area contributed by atoms with Gasteiger partial charge in [-0.3, -0.25) is 14.4 Å². The summed E-state index contributed by atoms with van der Waals surface area (Å²) < 4.78 is 10.2. The summed E-state index contributed by atoms with van der Waals surface area (Å²) in [5.74, 6) is -4.64. The van der Waals surface area contributed by atoms with Crippen molar-refractivity contribution in [2.75, 3.05) is 13.2 Å². The summed E-state index contributed by atoms with van der Waals surface area (Å²) in [6.07, 6.45) is -1.18. The summed E-state index contributed by atoms with van der Waals surface area (Å²) in [5, 5.41) is 30.9. The van der Waals surface area contributed by atoms with Crippen molar-refractivity contribution >= 4 is 18.0 Å². The lowest BCUT2D eigenvalue weighted by Crippen LogP contribution is -2.42. The molecule has 0 aromatic heterocycles. The van der Waals surface area contributed by atoms with Gasteiger partial charge in [-0.1, -0.05) is 27.7 Å². The molecule has 0 amide bonds. The summed E-state index contributed by atoms with van der Waals surface area (Å²) in [4.78, 5) is 36.3. The van der Waals surface area contributed by atoms with Gasteiger partial charge >= 0.3 is 0 Å². The summed E-state index contributed by atoms with van der Waals surface area (Å²) in [6.45, 7) is 6.35. The van der Waals surface area contributed by atoms with Gasteiger partial charge in [0.15, 0.2) is 17.3 Å². The molecule has 0 saturated heterocycles. The molecule has 1 aromatic rings. The number of rotatable bonds is 8. The zero-order chi connectivity index (χ0) is 21.2. The molecule has 0 aliphatic carbocycles. The Morgan fingerprint density at radius 1 is 1.25 bits per heavy atom. The monoisotopic (exact) mass is 394 g/mol. The lowest BCUT2D eigenvalue weighted by atomic mass is 9.73. The fourth-order valence-electron chi connectivity index (χ4n) is 3.51. The van der Waals surface area contributed by atoms with E-state index in [2.05, 4.69) is 0 Å². The van der Waals surface area contributed by atoms with E-state index in [0.717, 1.165) is 6.07 Å². The lowest BCUT2D eigenvalue weighted by molar-refractivity contribution is -0.137. The maximum absolute atomic E-state index is 12.8. The SMILES string of the molecule is CC(C)C(=O)c1cc(O)c(O)c2c1C(C(COC=O)C(=O)C(C)C)C(O)CO2. The first-order chi connectivity index (χ1) is 13.1. The highest BCUT2D eigenvalue weighted by Crippen LogP contribution is 2.50. The molecule has 28 heavy (non-hydrogen) atoms. The second-order valence-corrected chi connectivity index (χ2v) is 7.55. The molecule has 3 unspecified atom stereocenters. The number of carbonyl (C=O) groups is 3. The third-order valence-electron chi connectivity index (χ3n) is 4.92. The maximum Gasteiger partial charge on any atom is 0.293 e. The molecule has 0 bridgehead atoms. The summed E-state index contributed by atoms with van der Waals surface area (Å²) in [6, 6.07) is 1.11. The zero-order valence-corrected chi connectivity index (χ0v) is 16.3. The number of hydrogen-bond acceptors (Lipinski definition) is 8. The average Bonchev–Trinajstić information content (AvgIpc) is 2.64. The van der Waals surface area contributed by atoms with Crippen molar-refractivity contribution in [3.05, 3.63) is 17.2 Å². The van der Waals surface area contributed by atoms with E-state index >= 15 is 0 Å². The smallest absolute Gasteiger partial charge is 0.293 e. The minimum absolute atomic E-state index is 0.0525. The van der Waals surface area contributed by atoms with E-state index in [9.17, 15) is 29.7 Å². The van der Waals surface area contributed by atoms with Crippen LogP contribution < -0.4 is 4.74 Å². The first kappa shape index (κ1) is 21.7. The number of aliphatic hydroxyl groups is 1. The van der Waals surface area contributed by atoms with Gasteiger partial charge in [-0.15, -0.1) is 0 Å². The van der Waals surface area contributed by atoms with E-state index < -0.39 is 41.3 Å². The lowest BCUT2D eigenvalue weighted by Gasteiger charge is -2.37. The Morgan fingerprint density at radius 2 is 1.89 bits per heavy atom. The fourth-order valence-corrected chi connectivity index (χ4v) is 3.51. The van der Waals surface area contributed by atoms with Crippen LogP contribution in [0.5, 0.6) is 17.2 Å². The summed E-state index contributed by atoms with van der Waals surface area (Å²) >= 11 is 0. The van der Waals surface area contributed by atoms with Crippen molar-refractivity contribution in [3.8, 4) is 17.2 Å². The number of carbonyl (C=O) groups excluding carboxylic acids is 3. The van der Waals surface area contributed by atoms with Crippen molar-refractivity contribution < 1.29 is 39.2 Å². The molecule has 1 aliphatic heterocycles. The molecule has 1 aromatic carbocycles. The van der Waals surface area contributed by atoms with Gasteiger partial charge in [0.05, 0.1) is 12.0 Å². The predicted molar refractivity (Wildman–Crippen MR) is 98.5 cm³/mol. The normalized spacial score (nSPS) is 19.7. The van der Waals surface area contributed by atoms with Crippen molar-refractivity contribution in [1.29, 1.82) is 0 Å². The number of hydrogen-bond donors (Lipinski definition) is 3. The number of benzene rings is 1. The molecular weight excluding hydrogens is 368 g/mol. The third kappa shape index (κ3) is 3.96. The summed E-state index contributed by atoms with van der Waals surface area (Å²) in [5.41, 5.74) is 0.193. The minimum atomic E-state index is -1.18. The quantitative estimate of drug-likeness (QED) is 0.346. The van der Waals surface area contributed by atoms with Gasteiger partial charge in [0.1, 0.15) is 19.0 Å². The second-order valence-electron chi connectivity index (χ2n) is 7.55. The highest BCUT2D eigenvalue weighted by Gasteiger charge is 2.44. The van der Waals surface area contributed by atoms with Crippen LogP contribution in [0.15, 0.2) is 6.07 Å². The number of phenols is 2. The number of fused-ring (bicyclic) bond motifs is 1. The van der Waals surface area contributed by atoms with E-state index in [0.29, 0.717) is 0 Å². The van der Waals surface area contributed by atoms with Crippen LogP contribution in [0.4, 0.5) is 0 Å². The molecular formula is C20H26O8. The molecule has 0 radical (unpaired) electrons. The van der Waals surface area contributed by atoms with Gasteiger partial charge in [0, 0.05) is 28.9 Å². The molecule has 154 valence electrons. The standard InChI is InChI=1S/C20H26O8/c1-9(2)17(24)11-5-13(22)19(26)20-16(11)15(14(23)7-28-20)12(6-27-8-21)18(25)10(3)4/h5,8-10,12,14-15,22-23,26H,6-7H2,1-4H3. The molecule has 0 saturated carbocycles. The Hall–Kier alpha value is -2.61. The Kier molecular flexibility index (Phi) is 6.66. The van der Waals surface area contributed by atoms with E-state index in [-0.39, 0.29) is 48.1 Å². The van der Waals surface area contributed by atoms with E-state index in [4.69, 9.17) is 9.47 Å². The van der Waals surface area contributed by atoms with Crippen molar-refractivity contribution in [2.24, 2.45) is 17.8 Å². The van der Waals surface area contributed by atoms with Crippen molar-refractivity contribution in [2.45, 2.75) is 39.7 Å². The minimum Gasteiger partial charge on any atom is -0.504 e. The predicted octanol–water partition coefficient (Wildman–Crippen LogP) is 1.79. The topological polar surface area (TPSA) is 130 Å². The molecule has 2 rings (SSSR count). The molecule has 1 heterocycles. The van der Waals surface area contributed by atoms with Crippen LogP contribution in [0.1, 0.15) is 49.5 Å². The Balaban J connectivity index is 2.74. The third-order valence-corrected chi connectivity index (χ3v) is 4.92. The van der Waals surface area contributed by atoms with Crippen LogP contribution >= 0.6 is 0 Å². The molecule has 1 aliphatic rings. The van der Waals surface area contributed by atoms with Crippen molar-refractivity contribution in [1.82, 2.24) is 0 Å². The van der Waals surface area contributed by atoms with Gasteiger partial charge in [0.2, 0.25) is 5.75 Å². The molecule has 3 atom stereocenters. The van der Waals surface area contributed by atoms with E-state index in [1.54, 1.807) is 27.7 Å². The molecule has 8 nitrogen and oxygen atoms in total. The van der Waals surface area contributed by atoms with Crippen LogP contribution in [-0.4, -0.2) is 52.7 Å². The molecule has 0 spiro atoms. The van der Waals surface area contributed by atoms with Gasteiger partial charge in [-0.05, 0) is 6.07 Å². The molecule has 8 heteroatoms. The van der Waals surface area contributed by atoms with Gasteiger partial charge in [-0.2, -0.15) is 0 Å². The average molecular weight is 394 g/mol. The van der Waals surface area contributed by atoms with Gasteiger partial charge in [-0.25, -0.2) is 0 Å².